The summed E-state index contributed by atoms with van der Waals surface area (Å²) in [5, 5.41) is 0. The number of carbonyl (C=O) groups is 1. The van der Waals surface area contributed by atoms with Crippen molar-refractivity contribution in [2.75, 3.05) is 7.11 Å². The van der Waals surface area contributed by atoms with Gasteiger partial charge in [-0.2, -0.15) is 0 Å². The Labute approximate surface area is 117 Å². The van der Waals surface area contributed by atoms with Crippen LogP contribution in [-0.4, -0.2) is 13.1 Å². The minimum absolute atomic E-state index is 0.307. The fraction of sp³-hybridized carbons (Fsp3) is 0.133. The molecule has 0 aromatic heterocycles. The first-order chi connectivity index (χ1) is 9.29. The van der Waals surface area contributed by atoms with Crippen molar-refractivity contribution in [3.05, 3.63) is 65.7 Å². The topological polar surface area (TPSA) is 38.3 Å². The Morgan fingerprint density at radius 3 is 2.42 bits per heavy atom. The molecular weight excluding hydrogens is 258 g/mol. The number of nitrogens with one attached hydrogen (secondary N) is 1. The van der Waals surface area contributed by atoms with Crippen LogP contribution in [0, 0.1) is 0 Å². The maximum absolute atomic E-state index is 11.3. The molecule has 0 aliphatic heterocycles. The minimum Gasteiger partial charge on any atom is -0.465 e. The van der Waals surface area contributed by atoms with Gasteiger partial charge in [-0.25, -0.2) is 4.79 Å². The van der Waals surface area contributed by atoms with E-state index < -0.39 is 0 Å². The number of hydrogen-bond acceptors (Lipinski definition) is 4. The molecule has 0 bridgehead atoms. The minimum atomic E-state index is -0.307. The Morgan fingerprint density at radius 2 is 1.79 bits per heavy atom. The van der Waals surface area contributed by atoms with E-state index in [-0.39, 0.29) is 5.97 Å². The summed E-state index contributed by atoms with van der Waals surface area (Å²) >= 11 is 1.59. The number of hydrogen-bond donors (Lipinski definition) is 1. The molecule has 0 aliphatic rings. The molecule has 3 nitrogen and oxygen atoms in total. The van der Waals surface area contributed by atoms with Crippen molar-refractivity contribution < 1.29 is 9.53 Å². The van der Waals surface area contributed by atoms with Gasteiger partial charge in [0.15, 0.2) is 0 Å². The van der Waals surface area contributed by atoms with E-state index in [1.54, 1.807) is 24.1 Å². The lowest BCUT2D eigenvalue weighted by molar-refractivity contribution is 0.0600. The molecular formula is C15H15NO2S. The highest BCUT2D eigenvalue weighted by molar-refractivity contribution is 7.97. The normalized spacial score (nSPS) is 10.2. The van der Waals surface area contributed by atoms with Gasteiger partial charge in [-0.1, -0.05) is 30.3 Å². The van der Waals surface area contributed by atoms with E-state index in [4.69, 9.17) is 0 Å². The van der Waals surface area contributed by atoms with E-state index in [2.05, 4.69) is 21.6 Å². The summed E-state index contributed by atoms with van der Waals surface area (Å²) in [6.07, 6.45) is 0. The van der Waals surface area contributed by atoms with Crippen molar-refractivity contribution in [3.63, 3.8) is 0 Å². The van der Waals surface area contributed by atoms with Gasteiger partial charge in [0.2, 0.25) is 0 Å². The van der Waals surface area contributed by atoms with Crippen molar-refractivity contribution in [1.29, 1.82) is 0 Å². The summed E-state index contributed by atoms with van der Waals surface area (Å²) in [6.45, 7) is 0.737. The second-order valence-electron chi connectivity index (χ2n) is 3.92. The van der Waals surface area contributed by atoms with Crippen molar-refractivity contribution in [1.82, 2.24) is 4.72 Å². The molecule has 0 spiro atoms. The van der Waals surface area contributed by atoms with Crippen LogP contribution in [0.25, 0.3) is 0 Å². The monoisotopic (exact) mass is 273 g/mol. The molecule has 0 fully saturated rings. The zero-order valence-electron chi connectivity index (χ0n) is 10.6. The van der Waals surface area contributed by atoms with Crippen LogP contribution in [-0.2, 0) is 11.3 Å². The van der Waals surface area contributed by atoms with E-state index >= 15 is 0 Å². The number of ether oxygens (including phenoxy) is 1. The van der Waals surface area contributed by atoms with E-state index in [9.17, 15) is 4.79 Å². The first kappa shape index (κ1) is 13.6. The van der Waals surface area contributed by atoms with Crippen LogP contribution in [0.2, 0.25) is 0 Å². The molecule has 0 saturated carbocycles. The highest BCUT2D eigenvalue weighted by Gasteiger charge is 2.03. The highest BCUT2D eigenvalue weighted by atomic mass is 32.2. The Kier molecular flexibility index (Phi) is 5.01. The largest absolute Gasteiger partial charge is 0.465 e. The molecule has 0 saturated heterocycles. The predicted octanol–water partition coefficient (Wildman–Crippen LogP) is 3.27. The first-order valence-electron chi connectivity index (χ1n) is 5.91. The smallest absolute Gasteiger partial charge is 0.337 e. The standard InChI is InChI=1S/C15H15NO2S/c1-18-15(17)13-9-7-12(8-10-13)11-16-19-14-5-3-2-4-6-14/h2-10,16H,11H2,1H3. The van der Waals surface area contributed by atoms with Gasteiger partial charge in [-0.3, -0.25) is 4.72 Å². The zero-order valence-corrected chi connectivity index (χ0v) is 11.4. The van der Waals surface area contributed by atoms with E-state index in [0.717, 1.165) is 12.1 Å². The molecule has 98 valence electrons. The van der Waals surface area contributed by atoms with E-state index in [0.29, 0.717) is 5.56 Å². The molecule has 0 aliphatic carbocycles. The Balaban J connectivity index is 1.85. The molecule has 4 heteroatoms. The van der Waals surface area contributed by atoms with Crippen molar-refractivity contribution >= 4 is 17.9 Å². The molecule has 0 unspecified atom stereocenters. The van der Waals surface area contributed by atoms with Crippen LogP contribution in [0.15, 0.2) is 59.5 Å². The van der Waals surface area contributed by atoms with Crippen LogP contribution in [0.3, 0.4) is 0 Å². The molecule has 1 N–H and O–H groups in total. The maximum Gasteiger partial charge on any atom is 0.337 e. The SMILES string of the molecule is COC(=O)c1ccc(CNSc2ccccc2)cc1. The molecule has 0 radical (unpaired) electrons. The van der Waals surface area contributed by atoms with Gasteiger partial charge >= 0.3 is 5.97 Å². The zero-order chi connectivity index (χ0) is 13.5. The van der Waals surface area contributed by atoms with Crippen LogP contribution >= 0.6 is 11.9 Å². The van der Waals surface area contributed by atoms with Crippen LogP contribution in [0.4, 0.5) is 0 Å². The molecule has 0 amide bonds. The van der Waals surface area contributed by atoms with Crippen molar-refractivity contribution in [3.8, 4) is 0 Å². The fourth-order valence-electron chi connectivity index (χ4n) is 1.57. The average Bonchev–Trinajstić information content (AvgIpc) is 2.48. The average molecular weight is 273 g/mol. The highest BCUT2D eigenvalue weighted by Crippen LogP contribution is 2.14. The number of carbonyl (C=O) groups excluding carboxylic acids is 1. The lowest BCUT2D eigenvalue weighted by atomic mass is 10.1. The Hall–Kier alpha value is -1.78. The second-order valence-corrected chi connectivity index (χ2v) is 4.89. The van der Waals surface area contributed by atoms with Gasteiger partial charge in [0.05, 0.1) is 12.7 Å². The lowest BCUT2D eigenvalue weighted by Gasteiger charge is -2.05. The number of esters is 1. The van der Waals surface area contributed by atoms with E-state index in [1.165, 1.54) is 12.0 Å². The summed E-state index contributed by atoms with van der Waals surface area (Å²) < 4.78 is 7.94. The number of rotatable bonds is 5. The molecule has 2 rings (SSSR count). The van der Waals surface area contributed by atoms with Crippen molar-refractivity contribution in [2.45, 2.75) is 11.4 Å². The predicted molar refractivity (Wildman–Crippen MR) is 76.9 cm³/mol. The summed E-state index contributed by atoms with van der Waals surface area (Å²) in [4.78, 5) is 12.5. The Morgan fingerprint density at radius 1 is 1.11 bits per heavy atom. The van der Waals surface area contributed by atoms with Gasteiger partial charge in [0.1, 0.15) is 0 Å². The third-order valence-electron chi connectivity index (χ3n) is 2.58. The third-order valence-corrected chi connectivity index (χ3v) is 3.38. The summed E-state index contributed by atoms with van der Waals surface area (Å²) in [7, 11) is 1.38. The second kappa shape index (κ2) is 6.97. The number of benzene rings is 2. The van der Waals surface area contributed by atoms with Gasteiger partial charge in [-0.15, -0.1) is 0 Å². The Bertz CT molecular complexity index is 526. The van der Waals surface area contributed by atoms with Crippen molar-refractivity contribution in [2.24, 2.45) is 0 Å². The summed E-state index contributed by atoms with van der Waals surface area (Å²) in [6, 6.07) is 17.5. The van der Waals surface area contributed by atoms with Gasteiger partial charge in [-0.05, 0) is 41.8 Å². The molecule has 2 aromatic carbocycles. The molecule has 2 aromatic rings. The first-order valence-corrected chi connectivity index (χ1v) is 6.73. The maximum atomic E-state index is 11.3. The number of methoxy groups -OCH3 is 1. The summed E-state index contributed by atoms with van der Waals surface area (Å²) in [5.74, 6) is -0.307. The van der Waals surface area contributed by atoms with Crippen LogP contribution in [0.1, 0.15) is 15.9 Å². The van der Waals surface area contributed by atoms with Gasteiger partial charge in [0, 0.05) is 11.4 Å². The van der Waals surface area contributed by atoms with E-state index in [1.807, 2.05) is 30.3 Å². The molecule has 0 atom stereocenters. The van der Waals surface area contributed by atoms with Crippen LogP contribution in [0.5, 0.6) is 0 Å². The van der Waals surface area contributed by atoms with Gasteiger partial charge < -0.3 is 4.74 Å². The lowest BCUT2D eigenvalue weighted by Crippen LogP contribution is -2.04. The third kappa shape index (κ3) is 4.12. The summed E-state index contributed by atoms with van der Waals surface area (Å²) in [5.41, 5.74) is 1.69. The molecule has 19 heavy (non-hydrogen) atoms. The quantitative estimate of drug-likeness (QED) is 0.670. The van der Waals surface area contributed by atoms with Crippen LogP contribution < -0.4 is 4.72 Å². The van der Waals surface area contributed by atoms with Gasteiger partial charge in [0.25, 0.3) is 0 Å². The fourth-order valence-corrected chi connectivity index (χ4v) is 2.27. The molecule has 0 heterocycles.